The fraction of sp³-hybridized carbons (Fsp3) is 0.800. The molecule has 2 atom stereocenters. The molecule has 0 amide bonds. The first kappa shape index (κ1) is 9.75. The summed E-state index contributed by atoms with van der Waals surface area (Å²) in [5.41, 5.74) is 0. The summed E-state index contributed by atoms with van der Waals surface area (Å²) in [6.07, 6.45) is 5.34. The molecule has 2 unspecified atom stereocenters. The van der Waals surface area contributed by atoms with E-state index in [1.54, 1.807) is 0 Å². The van der Waals surface area contributed by atoms with Crippen LogP contribution in [0.1, 0.15) is 20.3 Å². The molecule has 0 spiro atoms. The highest BCUT2D eigenvalue weighted by atomic mass is 16.3. The van der Waals surface area contributed by atoms with Crippen molar-refractivity contribution in [2.24, 2.45) is 11.8 Å². The van der Waals surface area contributed by atoms with Gasteiger partial charge in [-0.2, -0.15) is 0 Å². The van der Waals surface area contributed by atoms with Crippen molar-refractivity contribution in [2.75, 3.05) is 13.2 Å². The normalized spacial score (nSPS) is 28.7. The molecule has 1 rings (SSSR count). The topological polar surface area (TPSA) is 32.3 Å². The lowest BCUT2D eigenvalue weighted by Gasteiger charge is -2.13. The fourth-order valence-corrected chi connectivity index (χ4v) is 1.45. The number of rotatable bonds is 4. The maximum absolute atomic E-state index is 8.88. The van der Waals surface area contributed by atoms with Gasteiger partial charge in [0.2, 0.25) is 0 Å². The number of aliphatic hydroxyl groups is 1. The highest BCUT2D eigenvalue weighted by Gasteiger charge is 2.17. The molecule has 2 N–H and O–H groups in total. The van der Waals surface area contributed by atoms with Crippen LogP contribution in [0.3, 0.4) is 0 Å². The van der Waals surface area contributed by atoms with Crippen molar-refractivity contribution in [2.45, 2.75) is 26.3 Å². The summed E-state index contributed by atoms with van der Waals surface area (Å²) in [6.45, 7) is 5.76. The van der Waals surface area contributed by atoms with Crippen molar-refractivity contribution in [3.63, 3.8) is 0 Å². The third kappa shape index (κ3) is 2.95. The summed E-state index contributed by atoms with van der Waals surface area (Å²) >= 11 is 0. The average Bonchev–Trinajstić information content (AvgIpc) is 2.48. The number of nitrogens with one attached hydrogen (secondary N) is 1. The summed E-state index contributed by atoms with van der Waals surface area (Å²) in [5.74, 6) is 1.08. The van der Waals surface area contributed by atoms with Crippen molar-refractivity contribution < 1.29 is 5.11 Å². The Bertz CT molecular complexity index is 154. The van der Waals surface area contributed by atoms with Crippen LogP contribution < -0.4 is 5.32 Å². The standard InChI is InChI=1S/C10H19NO/c1-8(2)6-11-10-4-3-9(5-10)7-12/h3-4,8-12H,5-7H2,1-2H3. The Labute approximate surface area is 74.7 Å². The molecule has 0 radical (unpaired) electrons. The number of aliphatic hydroxyl groups excluding tert-OH is 1. The molecule has 2 heteroatoms. The Morgan fingerprint density at radius 2 is 2.25 bits per heavy atom. The molecule has 0 heterocycles. The van der Waals surface area contributed by atoms with Gasteiger partial charge in [-0.25, -0.2) is 0 Å². The molecular weight excluding hydrogens is 150 g/mol. The Morgan fingerprint density at radius 1 is 1.50 bits per heavy atom. The Hall–Kier alpha value is -0.340. The van der Waals surface area contributed by atoms with Gasteiger partial charge in [0.25, 0.3) is 0 Å². The summed E-state index contributed by atoms with van der Waals surface area (Å²) in [4.78, 5) is 0. The lowest BCUT2D eigenvalue weighted by molar-refractivity contribution is 0.246. The van der Waals surface area contributed by atoms with Crippen LogP contribution in [0.4, 0.5) is 0 Å². The molecule has 70 valence electrons. The molecule has 12 heavy (non-hydrogen) atoms. The second-order valence-electron chi connectivity index (χ2n) is 3.97. The van der Waals surface area contributed by atoms with E-state index in [1.165, 1.54) is 0 Å². The summed E-state index contributed by atoms with van der Waals surface area (Å²) in [7, 11) is 0. The van der Waals surface area contributed by atoms with Gasteiger partial charge < -0.3 is 10.4 Å². The summed E-state index contributed by atoms with van der Waals surface area (Å²) in [6, 6.07) is 0.490. The van der Waals surface area contributed by atoms with E-state index in [0.717, 1.165) is 13.0 Å². The van der Waals surface area contributed by atoms with Crippen molar-refractivity contribution in [3.05, 3.63) is 12.2 Å². The first-order valence-corrected chi connectivity index (χ1v) is 4.75. The third-order valence-electron chi connectivity index (χ3n) is 2.20. The van der Waals surface area contributed by atoms with Crippen LogP contribution in [-0.2, 0) is 0 Å². The van der Waals surface area contributed by atoms with Crippen molar-refractivity contribution in [3.8, 4) is 0 Å². The van der Waals surface area contributed by atoms with Crippen LogP contribution in [-0.4, -0.2) is 24.3 Å². The number of hydrogen-bond acceptors (Lipinski definition) is 2. The lowest BCUT2D eigenvalue weighted by Crippen LogP contribution is -2.29. The Balaban J connectivity index is 2.16. The van der Waals surface area contributed by atoms with Crippen LogP contribution in [0.5, 0.6) is 0 Å². The van der Waals surface area contributed by atoms with Crippen LogP contribution in [0.15, 0.2) is 12.2 Å². The monoisotopic (exact) mass is 169 g/mol. The second-order valence-corrected chi connectivity index (χ2v) is 3.97. The molecule has 0 aromatic rings. The van der Waals surface area contributed by atoms with E-state index < -0.39 is 0 Å². The molecular formula is C10H19NO. The smallest absolute Gasteiger partial charge is 0.0494 e. The highest BCUT2D eigenvalue weighted by molar-refractivity contribution is 5.05. The largest absolute Gasteiger partial charge is 0.396 e. The molecule has 2 nitrogen and oxygen atoms in total. The van der Waals surface area contributed by atoms with Crippen LogP contribution in [0.25, 0.3) is 0 Å². The Kier molecular flexibility index (Phi) is 3.76. The van der Waals surface area contributed by atoms with Crippen LogP contribution >= 0.6 is 0 Å². The molecule has 0 bridgehead atoms. The second kappa shape index (κ2) is 4.63. The minimum Gasteiger partial charge on any atom is -0.396 e. The van der Waals surface area contributed by atoms with E-state index in [2.05, 4.69) is 31.3 Å². The van der Waals surface area contributed by atoms with Gasteiger partial charge in [-0.05, 0) is 18.9 Å². The fourth-order valence-electron chi connectivity index (χ4n) is 1.45. The maximum atomic E-state index is 8.88. The molecule has 0 aromatic heterocycles. The van der Waals surface area contributed by atoms with E-state index in [0.29, 0.717) is 17.9 Å². The minimum absolute atomic E-state index is 0.288. The third-order valence-corrected chi connectivity index (χ3v) is 2.20. The van der Waals surface area contributed by atoms with Crippen molar-refractivity contribution >= 4 is 0 Å². The Morgan fingerprint density at radius 3 is 2.75 bits per heavy atom. The van der Waals surface area contributed by atoms with E-state index in [1.807, 2.05) is 0 Å². The van der Waals surface area contributed by atoms with Gasteiger partial charge in [0.15, 0.2) is 0 Å². The van der Waals surface area contributed by atoms with Gasteiger partial charge in [0.05, 0.1) is 0 Å². The van der Waals surface area contributed by atoms with Crippen molar-refractivity contribution in [1.29, 1.82) is 0 Å². The summed E-state index contributed by atoms with van der Waals surface area (Å²) < 4.78 is 0. The van der Waals surface area contributed by atoms with Crippen LogP contribution in [0, 0.1) is 11.8 Å². The van der Waals surface area contributed by atoms with Crippen molar-refractivity contribution in [1.82, 2.24) is 5.32 Å². The van der Waals surface area contributed by atoms with Crippen LogP contribution in [0.2, 0.25) is 0 Å². The lowest BCUT2D eigenvalue weighted by atomic mass is 10.1. The summed E-state index contributed by atoms with van der Waals surface area (Å²) in [5, 5.41) is 12.3. The molecule has 0 aromatic carbocycles. The average molecular weight is 169 g/mol. The van der Waals surface area contributed by atoms with E-state index in [4.69, 9.17) is 5.11 Å². The molecule has 0 saturated carbocycles. The van der Waals surface area contributed by atoms with Gasteiger partial charge in [-0.15, -0.1) is 0 Å². The van der Waals surface area contributed by atoms with Gasteiger partial charge in [-0.3, -0.25) is 0 Å². The molecule has 1 aliphatic carbocycles. The van der Waals surface area contributed by atoms with Gasteiger partial charge in [-0.1, -0.05) is 26.0 Å². The zero-order valence-electron chi connectivity index (χ0n) is 7.96. The molecule has 0 saturated heterocycles. The van der Waals surface area contributed by atoms with E-state index in [-0.39, 0.29) is 6.61 Å². The SMILES string of the molecule is CC(C)CNC1C=CC(CO)C1. The van der Waals surface area contributed by atoms with Gasteiger partial charge >= 0.3 is 0 Å². The molecule has 0 fully saturated rings. The highest BCUT2D eigenvalue weighted by Crippen LogP contribution is 2.16. The van der Waals surface area contributed by atoms with Gasteiger partial charge in [0, 0.05) is 18.6 Å². The zero-order chi connectivity index (χ0) is 8.97. The first-order chi connectivity index (χ1) is 5.72. The maximum Gasteiger partial charge on any atom is 0.0494 e. The van der Waals surface area contributed by atoms with Gasteiger partial charge in [0.1, 0.15) is 0 Å². The number of hydrogen-bond donors (Lipinski definition) is 2. The molecule has 1 aliphatic rings. The molecule has 0 aliphatic heterocycles. The predicted molar refractivity (Wildman–Crippen MR) is 51.0 cm³/mol. The first-order valence-electron chi connectivity index (χ1n) is 4.75. The van der Waals surface area contributed by atoms with E-state index >= 15 is 0 Å². The predicted octanol–water partition coefficient (Wildman–Crippen LogP) is 1.17. The zero-order valence-corrected chi connectivity index (χ0v) is 7.96. The van der Waals surface area contributed by atoms with E-state index in [9.17, 15) is 0 Å². The quantitative estimate of drug-likeness (QED) is 0.619. The minimum atomic E-state index is 0.288.